The Morgan fingerprint density at radius 3 is 2.84 bits per heavy atom. The summed E-state index contributed by atoms with van der Waals surface area (Å²) in [6, 6.07) is 10.7. The highest BCUT2D eigenvalue weighted by Crippen LogP contribution is 2.16. The van der Waals surface area contributed by atoms with E-state index in [1.165, 1.54) is 19.3 Å². The summed E-state index contributed by atoms with van der Waals surface area (Å²) < 4.78 is 5.58. The number of nitrogens with zero attached hydrogens (tertiary/aromatic N) is 1. The highest BCUT2D eigenvalue weighted by Gasteiger charge is 2.20. The topological polar surface area (TPSA) is 32.7 Å². The van der Waals surface area contributed by atoms with Gasteiger partial charge >= 0.3 is 0 Å². The quantitative estimate of drug-likeness (QED) is 0.855. The van der Waals surface area contributed by atoms with Crippen molar-refractivity contribution >= 4 is 0 Å². The van der Waals surface area contributed by atoms with Crippen LogP contribution in [-0.4, -0.2) is 41.8 Å². The molecule has 2 rings (SSSR count). The van der Waals surface area contributed by atoms with Crippen molar-refractivity contribution in [1.29, 1.82) is 0 Å². The van der Waals surface area contributed by atoms with Gasteiger partial charge in [0.25, 0.3) is 0 Å². The number of hydrogen-bond donors (Lipinski definition) is 1. The lowest BCUT2D eigenvalue weighted by atomic mass is 10.0. The van der Waals surface area contributed by atoms with E-state index in [9.17, 15) is 5.11 Å². The van der Waals surface area contributed by atoms with Crippen molar-refractivity contribution in [2.75, 3.05) is 19.7 Å². The van der Waals surface area contributed by atoms with Gasteiger partial charge in [0, 0.05) is 12.6 Å². The van der Waals surface area contributed by atoms with Crippen LogP contribution in [0, 0.1) is 0 Å². The average Bonchev–Trinajstić information content (AvgIpc) is 2.43. The molecule has 1 aromatic carbocycles. The SMILES string of the molecule is C[C@H]1CCCCN1C[C@H](O)COCc1ccccc1. The summed E-state index contributed by atoms with van der Waals surface area (Å²) >= 11 is 0. The van der Waals surface area contributed by atoms with E-state index in [4.69, 9.17) is 4.74 Å². The monoisotopic (exact) mass is 263 g/mol. The van der Waals surface area contributed by atoms with Crippen LogP contribution < -0.4 is 0 Å². The van der Waals surface area contributed by atoms with Gasteiger partial charge in [-0.25, -0.2) is 0 Å². The number of piperidine rings is 1. The first-order valence-corrected chi connectivity index (χ1v) is 7.29. The molecule has 1 aliphatic heterocycles. The van der Waals surface area contributed by atoms with E-state index in [1.807, 2.05) is 30.3 Å². The van der Waals surface area contributed by atoms with Crippen LogP contribution in [0.4, 0.5) is 0 Å². The number of hydrogen-bond acceptors (Lipinski definition) is 3. The van der Waals surface area contributed by atoms with Gasteiger partial charge in [0.1, 0.15) is 0 Å². The van der Waals surface area contributed by atoms with Gasteiger partial charge in [0.05, 0.1) is 19.3 Å². The second-order valence-electron chi connectivity index (χ2n) is 5.49. The van der Waals surface area contributed by atoms with Gasteiger partial charge in [-0.15, -0.1) is 0 Å². The molecule has 0 aliphatic carbocycles. The van der Waals surface area contributed by atoms with Gasteiger partial charge < -0.3 is 9.84 Å². The maximum atomic E-state index is 10.0. The molecule has 0 aromatic heterocycles. The molecule has 1 aliphatic rings. The third-order valence-electron chi connectivity index (χ3n) is 3.81. The van der Waals surface area contributed by atoms with E-state index in [1.54, 1.807) is 0 Å². The molecule has 1 saturated heterocycles. The molecular weight excluding hydrogens is 238 g/mol. The van der Waals surface area contributed by atoms with Crippen LogP contribution >= 0.6 is 0 Å². The number of β-amino-alcohol motifs (C(OH)–C–C–N with tert-alkyl or cyclic N) is 1. The Labute approximate surface area is 116 Å². The van der Waals surface area contributed by atoms with Gasteiger partial charge in [0.2, 0.25) is 0 Å². The Morgan fingerprint density at radius 2 is 2.11 bits per heavy atom. The summed E-state index contributed by atoms with van der Waals surface area (Å²) in [5, 5.41) is 10.0. The van der Waals surface area contributed by atoms with Crippen molar-refractivity contribution in [2.24, 2.45) is 0 Å². The van der Waals surface area contributed by atoms with Crippen molar-refractivity contribution in [3.8, 4) is 0 Å². The van der Waals surface area contributed by atoms with Crippen molar-refractivity contribution in [3.63, 3.8) is 0 Å². The highest BCUT2D eigenvalue weighted by atomic mass is 16.5. The van der Waals surface area contributed by atoms with E-state index in [0.717, 1.165) is 18.7 Å². The summed E-state index contributed by atoms with van der Waals surface area (Å²) in [5.74, 6) is 0. The van der Waals surface area contributed by atoms with Gasteiger partial charge in [0.15, 0.2) is 0 Å². The first kappa shape index (κ1) is 14.5. The molecule has 1 aromatic rings. The lowest BCUT2D eigenvalue weighted by Crippen LogP contribution is -2.43. The van der Waals surface area contributed by atoms with Crippen molar-refractivity contribution < 1.29 is 9.84 Å². The lowest BCUT2D eigenvalue weighted by Gasteiger charge is -2.34. The maximum absolute atomic E-state index is 10.0. The summed E-state index contributed by atoms with van der Waals surface area (Å²) in [5.41, 5.74) is 1.15. The minimum atomic E-state index is -0.385. The second-order valence-corrected chi connectivity index (χ2v) is 5.49. The summed E-state index contributed by atoms with van der Waals surface area (Å²) in [6.45, 7) is 5.08. The molecule has 1 fully saturated rings. The molecule has 3 heteroatoms. The number of benzene rings is 1. The van der Waals surface area contributed by atoms with Crippen molar-refractivity contribution in [1.82, 2.24) is 4.90 Å². The third kappa shape index (κ3) is 4.94. The first-order valence-electron chi connectivity index (χ1n) is 7.29. The normalized spacial score (nSPS) is 22.3. The van der Waals surface area contributed by atoms with Crippen molar-refractivity contribution in [3.05, 3.63) is 35.9 Å². The molecule has 0 amide bonds. The van der Waals surface area contributed by atoms with Crippen molar-refractivity contribution in [2.45, 2.75) is 44.9 Å². The molecule has 0 unspecified atom stereocenters. The number of rotatable bonds is 6. The predicted molar refractivity (Wildman–Crippen MR) is 77.0 cm³/mol. The van der Waals surface area contributed by atoms with Crippen LogP contribution in [-0.2, 0) is 11.3 Å². The van der Waals surface area contributed by atoms with E-state index in [2.05, 4.69) is 11.8 Å². The maximum Gasteiger partial charge on any atom is 0.0900 e. The molecule has 2 atom stereocenters. The highest BCUT2D eigenvalue weighted by molar-refractivity contribution is 5.13. The van der Waals surface area contributed by atoms with E-state index in [-0.39, 0.29) is 6.10 Å². The Balaban J connectivity index is 1.65. The predicted octanol–water partition coefficient (Wildman–Crippen LogP) is 2.44. The minimum Gasteiger partial charge on any atom is -0.389 e. The Kier molecular flexibility index (Phi) is 5.83. The van der Waals surface area contributed by atoms with Crippen LogP contribution in [0.25, 0.3) is 0 Å². The molecule has 1 N–H and O–H groups in total. The van der Waals surface area contributed by atoms with Gasteiger partial charge in [-0.05, 0) is 31.9 Å². The number of aliphatic hydroxyl groups excluding tert-OH is 1. The molecule has 3 nitrogen and oxygen atoms in total. The molecule has 0 saturated carbocycles. The van der Waals surface area contributed by atoms with E-state index >= 15 is 0 Å². The Hall–Kier alpha value is -0.900. The summed E-state index contributed by atoms with van der Waals surface area (Å²) in [6.07, 6.45) is 3.43. The fourth-order valence-electron chi connectivity index (χ4n) is 2.64. The van der Waals surface area contributed by atoms with Crippen LogP contribution in [0.3, 0.4) is 0 Å². The van der Waals surface area contributed by atoms with Crippen LogP contribution in [0.2, 0.25) is 0 Å². The number of aliphatic hydroxyl groups is 1. The van der Waals surface area contributed by atoms with Crippen LogP contribution in [0.15, 0.2) is 30.3 Å². The van der Waals surface area contributed by atoms with E-state index in [0.29, 0.717) is 19.3 Å². The van der Waals surface area contributed by atoms with Gasteiger partial charge in [-0.2, -0.15) is 0 Å². The average molecular weight is 263 g/mol. The third-order valence-corrected chi connectivity index (χ3v) is 3.81. The molecule has 0 spiro atoms. The standard InChI is InChI=1S/C16H25NO2/c1-14-7-5-6-10-17(14)11-16(18)13-19-12-15-8-3-2-4-9-15/h2-4,8-9,14,16,18H,5-7,10-13H2,1H3/t14-,16-/m0/s1. The number of likely N-dealkylation sites (tertiary alicyclic amines) is 1. The molecular formula is C16H25NO2. The summed E-state index contributed by atoms with van der Waals surface area (Å²) in [4.78, 5) is 2.38. The zero-order valence-electron chi connectivity index (χ0n) is 11.8. The van der Waals surface area contributed by atoms with Crippen LogP contribution in [0.5, 0.6) is 0 Å². The van der Waals surface area contributed by atoms with E-state index < -0.39 is 0 Å². The molecule has 106 valence electrons. The molecule has 19 heavy (non-hydrogen) atoms. The Morgan fingerprint density at radius 1 is 1.32 bits per heavy atom. The first-order chi connectivity index (χ1) is 9.25. The zero-order chi connectivity index (χ0) is 13.5. The number of ether oxygens (including phenoxy) is 1. The van der Waals surface area contributed by atoms with Gasteiger partial charge in [-0.1, -0.05) is 36.8 Å². The molecule has 0 bridgehead atoms. The Bertz CT molecular complexity index is 355. The zero-order valence-corrected chi connectivity index (χ0v) is 11.8. The smallest absolute Gasteiger partial charge is 0.0900 e. The second kappa shape index (κ2) is 7.63. The fraction of sp³-hybridized carbons (Fsp3) is 0.625. The lowest BCUT2D eigenvalue weighted by molar-refractivity contribution is -0.00139. The minimum absolute atomic E-state index is 0.385. The largest absolute Gasteiger partial charge is 0.389 e. The molecule has 1 heterocycles. The summed E-state index contributed by atoms with van der Waals surface area (Å²) in [7, 11) is 0. The fourth-order valence-corrected chi connectivity index (χ4v) is 2.64. The van der Waals surface area contributed by atoms with Gasteiger partial charge in [-0.3, -0.25) is 4.90 Å². The molecule has 0 radical (unpaired) electrons. The van der Waals surface area contributed by atoms with Crippen LogP contribution in [0.1, 0.15) is 31.7 Å².